The van der Waals surface area contributed by atoms with E-state index in [1.54, 1.807) is 27.7 Å². The van der Waals surface area contributed by atoms with E-state index >= 15 is 0 Å². The molecule has 4 heteroatoms. The van der Waals surface area contributed by atoms with E-state index < -0.39 is 23.8 Å². The first-order valence-corrected chi connectivity index (χ1v) is 4.87. The van der Waals surface area contributed by atoms with Gasteiger partial charge in [-0.1, -0.05) is 0 Å². The number of aliphatic hydroxyl groups excluding tert-OH is 1. The highest BCUT2D eigenvalue weighted by Gasteiger charge is 2.21. The largest absolute Gasteiger partial charge is 0.444 e. The summed E-state index contributed by atoms with van der Waals surface area (Å²) in [6, 6.07) is -0.468. The molecule has 0 fully saturated rings. The van der Waals surface area contributed by atoms with Gasteiger partial charge in [0.15, 0.2) is 0 Å². The van der Waals surface area contributed by atoms with Gasteiger partial charge in [0.05, 0.1) is 12.1 Å². The molecule has 0 radical (unpaired) electrons. The topological polar surface area (TPSA) is 58.6 Å². The molecule has 0 bridgehead atoms. The lowest BCUT2D eigenvalue weighted by molar-refractivity contribution is 0.0441. The van der Waals surface area contributed by atoms with E-state index in [-0.39, 0.29) is 6.42 Å². The van der Waals surface area contributed by atoms with Crippen molar-refractivity contribution in [1.29, 1.82) is 0 Å². The molecule has 0 aromatic carbocycles. The summed E-state index contributed by atoms with van der Waals surface area (Å²) in [6.45, 7) is 6.88. The van der Waals surface area contributed by atoms with Crippen LogP contribution in [0.2, 0.25) is 0 Å². The zero-order valence-electron chi connectivity index (χ0n) is 9.70. The minimum absolute atomic E-state index is 0.275. The number of ether oxygens (including phenoxy) is 1. The van der Waals surface area contributed by atoms with E-state index in [0.29, 0.717) is 0 Å². The summed E-state index contributed by atoms with van der Waals surface area (Å²) >= 11 is 0. The SMILES string of the molecule is C#CC[C@@H](NC(=O)OC(C)(C)C)[C@@H](C)O. The highest BCUT2D eigenvalue weighted by Crippen LogP contribution is 2.07. The smallest absolute Gasteiger partial charge is 0.407 e. The van der Waals surface area contributed by atoms with Crippen LogP contribution >= 0.6 is 0 Å². The average Bonchev–Trinajstić information content (AvgIpc) is 1.99. The second kappa shape index (κ2) is 5.62. The van der Waals surface area contributed by atoms with Crippen molar-refractivity contribution in [2.75, 3.05) is 0 Å². The fourth-order valence-electron chi connectivity index (χ4n) is 0.928. The zero-order chi connectivity index (χ0) is 12.1. The Bertz CT molecular complexity index is 248. The first-order chi connectivity index (χ1) is 6.76. The van der Waals surface area contributed by atoms with Crippen LogP contribution in [0.1, 0.15) is 34.1 Å². The van der Waals surface area contributed by atoms with Crippen molar-refractivity contribution >= 4 is 6.09 Å². The Hall–Kier alpha value is -1.21. The van der Waals surface area contributed by atoms with Crippen molar-refractivity contribution in [1.82, 2.24) is 5.32 Å². The normalized spacial score (nSPS) is 14.9. The first-order valence-electron chi connectivity index (χ1n) is 4.87. The van der Waals surface area contributed by atoms with Crippen LogP contribution in [0, 0.1) is 12.3 Å². The first kappa shape index (κ1) is 13.8. The fraction of sp³-hybridized carbons (Fsp3) is 0.727. The minimum atomic E-state index is -0.700. The maximum absolute atomic E-state index is 11.3. The van der Waals surface area contributed by atoms with E-state index in [1.165, 1.54) is 0 Å². The van der Waals surface area contributed by atoms with Crippen LogP contribution in [-0.4, -0.2) is 28.9 Å². The van der Waals surface area contributed by atoms with Gasteiger partial charge in [0, 0.05) is 6.42 Å². The van der Waals surface area contributed by atoms with E-state index in [9.17, 15) is 9.90 Å². The molecular weight excluding hydrogens is 194 g/mol. The molecule has 2 atom stereocenters. The van der Waals surface area contributed by atoms with E-state index in [1.807, 2.05) is 0 Å². The molecule has 1 amide bonds. The van der Waals surface area contributed by atoms with Crippen LogP contribution in [0.15, 0.2) is 0 Å². The summed E-state index contributed by atoms with van der Waals surface area (Å²) in [5.74, 6) is 2.39. The lowest BCUT2D eigenvalue weighted by Crippen LogP contribution is -2.44. The third kappa shape index (κ3) is 6.81. The van der Waals surface area contributed by atoms with Crippen LogP contribution in [-0.2, 0) is 4.74 Å². The molecule has 0 saturated heterocycles. The molecule has 15 heavy (non-hydrogen) atoms. The number of rotatable bonds is 3. The number of hydrogen-bond donors (Lipinski definition) is 2. The summed E-state index contributed by atoms with van der Waals surface area (Å²) in [6.07, 6.45) is 4.13. The summed E-state index contributed by atoms with van der Waals surface area (Å²) in [5.41, 5.74) is -0.552. The monoisotopic (exact) mass is 213 g/mol. The molecule has 0 aliphatic carbocycles. The van der Waals surface area contributed by atoms with Crippen molar-refractivity contribution in [2.24, 2.45) is 0 Å². The fourth-order valence-corrected chi connectivity index (χ4v) is 0.928. The zero-order valence-corrected chi connectivity index (χ0v) is 9.70. The molecule has 0 heterocycles. The van der Waals surface area contributed by atoms with Crippen LogP contribution in [0.5, 0.6) is 0 Å². The lowest BCUT2D eigenvalue weighted by atomic mass is 10.1. The van der Waals surface area contributed by atoms with Crippen molar-refractivity contribution in [2.45, 2.75) is 51.9 Å². The second-order valence-electron chi connectivity index (χ2n) is 4.40. The molecule has 4 nitrogen and oxygen atoms in total. The Labute approximate surface area is 91.0 Å². The highest BCUT2D eigenvalue weighted by molar-refractivity contribution is 5.68. The number of hydrogen-bond acceptors (Lipinski definition) is 3. The quantitative estimate of drug-likeness (QED) is 0.694. The van der Waals surface area contributed by atoms with Gasteiger partial charge in [-0.2, -0.15) is 0 Å². The van der Waals surface area contributed by atoms with Crippen LogP contribution < -0.4 is 5.32 Å². The van der Waals surface area contributed by atoms with Gasteiger partial charge in [-0.05, 0) is 27.7 Å². The van der Waals surface area contributed by atoms with Crippen molar-refractivity contribution in [3.05, 3.63) is 0 Å². The predicted octanol–water partition coefficient (Wildman–Crippen LogP) is 1.28. The maximum Gasteiger partial charge on any atom is 0.407 e. The van der Waals surface area contributed by atoms with Crippen molar-refractivity contribution < 1.29 is 14.6 Å². The summed E-state index contributed by atoms with van der Waals surface area (Å²) in [5, 5.41) is 11.8. The number of carbonyl (C=O) groups excluding carboxylic acids is 1. The molecule has 0 aromatic rings. The minimum Gasteiger partial charge on any atom is -0.444 e. The molecule has 86 valence electrons. The molecule has 0 aliphatic heterocycles. The van der Waals surface area contributed by atoms with Gasteiger partial charge < -0.3 is 15.2 Å². The Kier molecular flexibility index (Phi) is 5.16. The van der Waals surface area contributed by atoms with Gasteiger partial charge in [0.25, 0.3) is 0 Å². The number of alkyl carbamates (subject to hydrolysis) is 1. The lowest BCUT2D eigenvalue weighted by Gasteiger charge is -2.24. The molecule has 0 aliphatic rings. The number of nitrogens with one attached hydrogen (secondary N) is 1. The van der Waals surface area contributed by atoms with Crippen LogP contribution in [0.4, 0.5) is 4.79 Å². The Balaban J connectivity index is 4.19. The van der Waals surface area contributed by atoms with Crippen LogP contribution in [0.25, 0.3) is 0 Å². The van der Waals surface area contributed by atoms with Crippen molar-refractivity contribution in [3.8, 4) is 12.3 Å². The Morgan fingerprint density at radius 3 is 2.47 bits per heavy atom. The number of aliphatic hydroxyl groups is 1. The van der Waals surface area contributed by atoms with Crippen LogP contribution in [0.3, 0.4) is 0 Å². The third-order valence-corrected chi connectivity index (χ3v) is 1.62. The molecule has 0 rings (SSSR count). The number of terminal acetylenes is 1. The Morgan fingerprint density at radius 2 is 2.13 bits per heavy atom. The van der Waals surface area contributed by atoms with E-state index in [0.717, 1.165) is 0 Å². The predicted molar refractivity (Wildman–Crippen MR) is 58.3 cm³/mol. The van der Waals surface area contributed by atoms with E-state index in [4.69, 9.17) is 11.2 Å². The molecule has 0 saturated carbocycles. The van der Waals surface area contributed by atoms with Gasteiger partial charge in [-0.15, -0.1) is 12.3 Å². The maximum atomic E-state index is 11.3. The molecule has 0 spiro atoms. The molecule has 0 aromatic heterocycles. The molecule has 2 N–H and O–H groups in total. The Morgan fingerprint density at radius 1 is 1.60 bits per heavy atom. The van der Waals surface area contributed by atoms with Gasteiger partial charge in [-0.25, -0.2) is 4.79 Å². The number of amides is 1. The van der Waals surface area contributed by atoms with Gasteiger partial charge in [0.1, 0.15) is 5.60 Å². The van der Waals surface area contributed by atoms with Gasteiger partial charge >= 0.3 is 6.09 Å². The van der Waals surface area contributed by atoms with E-state index in [2.05, 4.69) is 11.2 Å². The highest BCUT2D eigenvalue weighted by atomic mass is 16.6. The second-order valence-corrected chi connectivity index (χ2v) is 4.40. The third-order valence-electron chi connectivity index (χ3n) is 1.62. The summed E-state index contributed by atoms with van der Waals surface area (Å²) in [7, 11) is 0. The van der Waals surface area contributed by atoms with Gasteiger partial charge in [-0.3, -0.25) is 0 Å². The standard InChI is InChI=1S/C11H19NO3/c1-6-7-9(8(2)13)12-10(14)15-11(3,4)5/h1,8-9,13H,7H2,2-5H3,(H,12,14)/t8-,9-/m1/s1. The molecule has 0 unspecified atom stereocenters. The number of carbonyl (C=O) groups is 1. The average molecular weight is 213 g/mol. The van der Waals surface area contributed by atoms with Crippen molar-refractivity contribution in [3.63, 3.8) is 0 Å². The summed E-state index contributed by atoms with van der Waals surface area (Å²) < 4.78 is 5.03. The van der Waals surface area contributed by atoms with Gasteiger partial charge in [0.2, 0.25) is 0 Å². The molecular formula is C11H19NO3. The summed E-state index contributed by atoms with van der Waals surface area (Å²) in [4.78, 5) is 11.3.